The Balaban J connectivity index is 2.19. The van der Waals surface area contributed by atoms with Gasteiger partial charge in [0.25, 0.3) is 0 Å². The minimum atomic E-state index is 0.623. The molecule has 1 aliphatic rings. The highest BCUT2D eigenvalue weighted by molar-refractivity contribution is 5.47. The maximum Gasteiger partial charge on any atom is 0.131 e. The van der Waals surface area contributed by atoms with Gasteiger partial charge >= 0.3 is 0 Å². The lowest BCUT2D eigenvalue weighted by molar-refractivity contribution is 0.481. The second-order valence-corrected chi connectivity index (χ2v) is 4.17. The van der Waals surface area contributed by atoms with E-state index in [1.54, 1.807) is 0 Å². The van der Waals surface area contributed by atoms with Crippen LogP contribution < -0.4 is 10.2 Å². The van der Waals surface area contributed by atoms with Crippen LogP contribution in [0.2, 0.25) is 0 Å². The van der Waals surface area contributed by atoms with Gasteiger partial charge in [0.2, 0.25) is 0 Å². The molecule has 82 valence electrons. The van der Waals surface area contributed by atoms with E-state index in [-0.39, 0.29) is 0 Å². The zero-order chi connectivity index (χ0) is 10.7. The Morgan fingerprint density at radius 3 is 3.00 bits per heavy atom. The fourth-order valence-electron chi connectivity index (χ4n) is 2.16. The van der Waals surface area contributed by atoms with E-state index in [0.717, 1.165) is 18.2 Å². The van der Waals surface area contributed by atoms with Gasteiger partial charge in [-0.3, -0.25) is 0 Å². The Bertz CT molecular complexity index is 324. The highest BCUT2D eigenvalue weighted by atomic mass is 15.2. The van der Waals surface area contributed by atoms with Gasteiger partial charge in [0.15, 0.2) is 0 Å². The van der Waals surface area contributed by atoms with Crippen molar-refractivity contribution in [2.45, 2.75) is 32.2 Å². The number of hydrogen-bond donors (Lipinski definition) is 1. The second kappa shape index (κ2) is 4.51. The van der Waals surface area contributed by atoms with Gasteiger partial charge in [-0.25, -0.2) is 4.98 Å². The van der Waals surface area contributed by atoms with Gasteiger partial charge < -0.3 is 10.2 Å². The lowest BCUT2D eigenvalue weighted by Crippen LogP contribution is -2.37. The number of rotatable bonds is 2. The summed E-state index contributed by atoms with van der Waals surface area (Å²) in [5, 5.41) is 3.08. The quantitative estimate of drug-likeness (QED) is 0.804. The molecule has 0 aliphatic carbocycles. The summed E-state index contributed by atoms with van der Waals surface area (Å²) in [4.78, 5) is 6.99. The first-order valence-electron chi connectivity index (χ1n) is 5.72. The van der Waals surface area contributed by atoms with Crippen LogP contribution in [0.3, 0.4) is 0 Å². The molecule has 0 amide bonds. The summed E-state index contributed by atoms with van der Waals surface area (Å²) in [7, 11) is 1.91. The minimum Gasteiger partial charge on any atom is -0.373 e. The van der Waals surface area contributed by atoms with Crippen molar-refractivity contribution in [3.8, 4) is 0 Å². The molecule has 1 saturated heterocycles. The summed E-state index contributed by atoms with van der Waals surface area (Å²) in [5.41, 5.74) is 0. The molecule has 15 heavy (non-hydrogen) atoms. The summed E-state index contributed by atoms with van der Waals surface area (Å²) in [5.74, 6) is 2.05. The van der Waals surface area contributed by atoms with Crippen LogP contribution in [-0.4, -0.2) is 24.6 Å². The molecule has 0 spiro atoms. The maximum absolute atomic E-state index is 4.58. The fraction of sp³-hybridized carbons (Fsp3) is 0.583. The van der Waals surface area contributed by atoms with Gasteiger partial charge in [-0.15, -0.1) is 0 Å². The third-order valence-corrected chi connectivity index (χ3v) is 3.09. The number of hydrogen-bond acceptors (Lipinski definition) is 3. The van der Waals surface area contributed by atoms with E-state index < -0.39 is 0 Å². The van der Waals surface area contributed by atoms with Crippen LogP contribution in [0.4, 0.5) is 11.6 Å². The fourth-order valence-corrected chi connectivity index (χ4v) is 2.16. The Morgan fingerprint density at radius 1 is 1.40 bits per heavy atom. The van der Waals surface area contributed by atoms with E-state index in [2.05, 4.69) is 34.3 Å². The van der Waals surface area contributed by atoms with E-state index in [0.29, 0.717) is 6.04 Å². The van der Waals surface area contributed by atoms with Gasteiger partial charge in [-0.2, -0.15) is 0 Å². The zero-order valence-corrected chi connectivity index (χ0v) is 9.53. The molecule has 2 heterocycles. The molecular formula is C12H19N3. The molecule has 0 radical (unpaired) electrons. The van der Waals surface area contributed by atoms with Crippen LogP contribution in [0.15, 0.2) is 18.2 Å². The lowest BCUT2D eigenvalue weighted by atomic mass is 10.0. The van der Waals surface area contributed by atoms with E-state index in [9.17, 15) is 0 Å². The minimum absolute atomic E-state index is 0.623. The summed E-state index contributed by atoms with van der Waals surface area (Å²) in [6.07, 6.45) is 3.92. The largest absolute Gasteiger partial charge is 0.373 e. The molecular weight excluding hydrogens is 186 g/mol. The van der Waals surface area contributed by atoms with Crippen LogP contribution in [0, 0.1) is 0 Å². The molecule has 1 aliphatic heterocycles. The molecule has 1 aromatic heterocycles. The van der Waals surface area contributed by atoms with Crippen molar-refractivity contribution in [2.75, 3.05) is 23.8 Å². The van der Waals surface area contributed by atoms with Crippen molar-refractivity contribution in [3.63, 3.8) is 0 Å². The van der Waals surface area contributed by atoms with Gasteiger partial charge in [0, 0.05) is 19.6 Å². The zero-order valence-electron chi connectivity index (χ0n) is 9.53. The van der Waals surface area contributed by atoms with Gasteiger partial charge in [-0.1, -0.05) is 6.07 Å². The molecule has 3 heteroatoms. The Morgan fingerprint density at radius 2 is 2.27 bits per heavy atom. The summed E-state index contributed by atoms with van der Waals surface area (Å²) >= 11 is 0. The highest BCUT2D eigenvalue weighted by Gasteiger charge is 2.19. The van der Waals surface area contributed by atoms with E-state index in [1.165, 1.54) is 19.3 Å². The first-order chi connectivity index (χ1) is 7.31. The van der Waals surface area contributed by atoms with Gasteiger partial charge in [0.1, 0.15) is 11.6 Å². The van der Waals surface area contributed by atoms with E-state index >= 15 is 0 Å². The van der Waals surface area contributed by atoms with Crippen molar-refractivity contribution in [2.24, 2.45) is 0 Å². The van der Waals surface area contributed by atoms with E-state index in [4.69, 9.17) is 0 Å². The predicted octanol–water partition coefficient (Wildman–Crippen LogP) is 2.50. The smallest absolute Gasteiger partial charge is 0.131 e. The first-order valence-corrected chi connectivity index (χ1v) is 5.72. The van der Waals surface area contributed by atoms with Crippen molar-refractivity contribution in [1.82, 2.24) is 4.98 Å². The summed E-state index contributed by atoms with van der Waals surface area (Å²) < 4.78 is 0. The van der Waals surface area contributed by atoms with Crippen molar-refractivity contribution >= 4 is 11.6 Å². The van der Waals surface area contributed by atoms with Crippen molar-refractivity contribution in [3.05, 3.63) is 18.2 Å². The number of aromatic nitrogens is 1. The Kier molecular flexibility index (Phi) is 3.09. The van der Waals surface area contributed by atoms with Crippen molar-refractivity contribution in [1.29, 1.82) is 0 Å². The van der Waals surface area contributed by atoms with Crippen LogP contribution in [0.1, 0.15) is 26.2 Å². The number of anilines is 2. The average molecular weight is 205 g/mol. The topological polar surface area (TPSA) is 28.2 Å². The molecule has 0 bridgehead atoms. The second-order valence-electron chi connectivity index (χ2n) is 4.17. The number of pyridine rings is 1. The molecule has 1 unspecified atom stereocenters. The maximum atomic E-state index is 4.58. The van der Waals surface area contributed by atoms with Gasteiger partial charge in [0.05, 0.1) is 0 Å². The monoisotopic (exact) mass is 205 g/mol. The molecule has 1 atom stereocenters. The van der Waals surface area contributed by atoms with Crippen LogP contribution in [-0.2, 0) is 0 Å². The predicted molar refractivity (Wildman–Crippen MR) is 64.4 cm³/mol. The Labute approximate surface area is 91.5 Å². The third kappa shape index (κ3) is 2.22. The van der Waals surface area contributed by atoms with Crippen LogP contribution in [0.25, 0.3) is 0 Å². The molecule has 3 nitrogen and oxygen atoms in total. The van der Waals surface area contributed by atoms with E-state index in [1.807, 2.05) is 13.1 Å². The van der Waals surface area contributed by atoms with Gasteiger partial charge in [-0.05, 0) is 38.3 Å². The SMILES string of the molecule is CNc1cccc(N2CCCCC2C)n1. The average Bonchev–Trinajstić information content (AvgIpc) is 2.30. The number of nitrogens with one attached hydrogen (secondary N) is 1. The van der Waals surface area contributed by atoms with Crippen molar-refractivity contribution < 1.29 is 0 Å². The number of nitrogens with zero attached hydrogens (tertiary/aromatic N) is 2. The van der Waals surface area contributed by atoms with Crippen LogP contribution >= 0.6 is 0 Å². The lowest BCUT2D eigenvalue weighted by Gasteiger charge is -2.34. The summed E-state index contributed by atoms with van der Waals surface area (Å²) in [6, 6.07) is 6.79. The molecule has 0 aromatic carbocycles. The molecule has 1 N–H and O–H groups in total. The normalized spacial score (nSPS) is 21.5. The highest BCUT2D eigenvalue weighted by Crippen LogP contribution is 2.23. The standard InChI is InChI=1S/C12H19N3/c1-10-6-3-4-9-15(10)12-8-5-7-11(13-2)14-12/h5,7-8,10H,3-4,6,9H2,1-2H3,(H,13,14). The molecule has 2 rings (SSSR count). The molecule has 0 saturated carbocycles. The molecule has 1 aromatic rings. The summed E-state index contributed by atoms with van der Waals surface area (Å²) in [6.45, 7) is 3.42. The van der Waals surface area contributed by atoms with Crippen LogP contribution in [0.5, 0.6) is 0 Å². The Hall–Kier alpha value is -1.25. The first kappa shape index (κ1) is 10.3. The third-order valence-electron chi connectivity index (χ3n) is 3.09. The number of piperidine rings is 1. The molecule has 1 fully saturated rings.